The van der Waals surface area contributed by atoms with Crippen molar-refractivity contribution in [1.82, 2.24) is 9.55 Å². The number of nitrogens with zero attached hydrogens (tertiary/aromatic N) is 2. The molecule has 0 aliphatic heterocycles. The fourth-order valence-electron chi connectivity index (χ4n) is 1.14. The van der Waals surface area contributed by atoms with Crippen LogP contribution >= 0.6 is 0 Å². The molecule has 3 heteroatoms. The molecule has 0 fully saturated rings. The Balaban J connectivity index is 2.76. The Labute approximate surface area is 73.5 Å². The molecule has 0 N–H and O–H groups in total. The van der Waals surface area contributed by atoms with Gasteiger partial charge in [-0.2, -0.15) is 0 Å². The van der Waals surface area contributed by atoms with Crippen molar-refractivity contribution in [2.75, 3.05) is 0 Å². The zero-order valence-electron chi connectivity index (χ0n) is 5.99. The van der Waals surface area contributed by atoms with Crippen LogP contribution in [0.25, 0.3) is 11.0 Å². The van der Waals surface area contributed by atoms with Gasteiger partial charge in [-0.1, -0.05) is 0 Å². The van der Waals surface area contributed by atoms with E-state index in [0.717, 1.165) is 10.9 Å². The predicted molar refractivity (Wildman–Crippen MR) is 45.5 cm³/mol. The average Bonchev–Trinajstić information content (AvgIpc) is 2.47. The number of benzene rings is 1. The molecule has 0 atom stereocenters. The number of hydrogen-bond donors (Lipinski definition) is 0. The minimum atomic E-state index is 0.987. The van der Waals surface area contributed by atoms with Gasteiger partial charge in [0.1, 0.15) is 0 Å². The Morgan fingerprint density at radius 3 is 3.00 bits per heavy atom. The fraction of sp³-hybridized carbons (Fsp3) is 0.125. The Morgan fingerprint density at radius 1 is 1.36 bits per heavy atom. The van der Waals surface area contributed by atoms with E-state index in [-0.39, 0.29) is 0 Å². The van der Waals surface area contributed by atoms with E-state index in [2.05, 4.69) is 32.1 Å². The minimum absolute atomic E-state index is 0.987. The van der Waals surface area contributed by atoms with E-state index in [1.165, 1.54) is 5.52 Å². The van der Waals surface area contributed by atoms with Crippen LogP contribution in [0.15, 0.2) is 30.6 Å². The third kappa shape index (κ3) is 1.07. The summed E-state index contributed by atoms with van der Waals surface area (Å²) >= 11 is 2.12. The third-order valence-electron chi connectivity index (χ3n) is 1.70. The van der Waals surface area contributed by atoms with Gasteiger partial charge in [-0.05, 0) is 0 Å². The molecule has 1 aromatic carbocycles. The van der Waals surface area contributed by atoms with Gasteiger partial charge in [-0.3, -0.25) is 0 Å². The summed E-state index contributed by atoms with van der Waals surface area (Å²) in [6.45, 7) is 0. The standard InChI is InChI=1S/C8H7GeN2/c9-5-11-6-10-7-3-1-2-4-8(7)11/h1-4,6H,5H2. The number of para-hydroxylation sites is 2. The Kier molecular flexibility index (Phi) is 1.70. The first-order valence-corrected chi connectivity index (χ1v) is 4.94. The number of hydrogen-bond acceptors (Lipinski definition) is 1. The van der Waals surface area contributed by atoms with Crippen molar-refractivity contribution in [2.24, 2.45) is 0 Å². The van der Waals surface area contributed by atoms with E-state index in [1.54, 1.807) is 0 Å². The quantitative estimate of drug-likeness (QED) is 0.637. The van der Waals surface area contributed by atoms with Gasteiger partial charge in [0.15, 0.2) is 0 Å². The van der Waals surface area contributed by atoms with Crippen LogP contribution in [-0.4, -0.2) is 26.1 Å². The van der Waals surface area contributed by atoms with Crippen LogP contribution in [0.3, 0.4) is 0 Å². The molecule has 3 radical (unpaired) electrons. The summed E-state index contributed by atoms with van der Waals surface area (Å²) in [5.74, 6) is 0. The monoisotopic (exact) mass is 205 g/mol. The van der Waals surface area contributed by atoms with Crippen LogP contribution in [0, 0.1) is 0 Å². The van der Waals surface area contributed by atoms with Gasteiger partial charge in [0.25, 0.3) is 0 Å². The van der Waals surface area contributed by atoms with Gasteiger partial charge in [-0.25, -0.2) is 0 Å². The van der Waals surface area contributed by atoms with Gasteiger partial charge < -0.3 is 0 Å². The third-order valence-corrected chi connectivity index (χ3v) is 2.41. The molecule has 0 bridgehead atoms. The van der Waals surface area contributed by atoms with E-state index >= 15 is 0 Å². The molecule has 0 saturated heterocycles. The molecule has 0 saturated carbocycles. The van der Waals surface area contributed by atoms with E-state index in [9.17, 15) is 0 Å². The summed E-state index contributed by atoms with van der Waals surface area (Å²) in [5.41, 5.74) is 2.30. The zero-order valence-corrected chi connectivity index (χ0v) is 8.09. The van der Waals surface area contributed by atoms with Gasteiger partial charge >= 0.3 is 73.1 Å². The summed E-state index contributed by atoms with van der Waals surface area (Å²) in [6.07, 6.45) is 1.88. The van der Waals surface area contributed by atoms with E-state index in [0.29, 0.717) is 0 Å². The molecule has 2 rings (SSSR count). The van der Waals surface area contributed by atoms with Crippen LogP contribution in [0.2, 0.25) is 0 Å². The number of fused-ring (bicyclic) bond motifs is 1. The van der Waals surface area contributed by atoms with Gasteiger partial charge in [0.05, 0.1) is 0 Å². The van der Waals surface area contributed by atoms with Crippen LogP contribution in [0.4, 0.5) is 0 Å². The number of aromatic nitrogens is 2. The number of imidazole rings is 1. The van der Waals surface area contributed by atoms with E-state index in [4.69, 9.17) is 0 Å². The van der Waals surface area contributed by atoms with Gasteiger partial charge in [-0.15, -0.1) is 0 Å². The molecule has 1 heterocycles. The first kappa shape index (κ1) is 6.91. The molecule has 2 aromatic rings. The van der Waals surface area contributed by atoms with E-state index < -0.39 is 0 Å². The molecule has 0 unspecified atom stereocenters. The van der Waals surface area contributed by atoms with Crippen LogP contribution in [0.1, 0.15) is 0 Å². The molecule has 2 nitrogen and oxygen atoms in total. The first-order valence-electron chi connectivity index (χ1n) is 3.46. The van der Waals surface area contributed by atoms with Crippen LogP contribution < -0.4 is 0 Å². The summed E-state index contributed by atoms with van der Waals surface area (Å²) in [5, 5.41) is 0.987. The van der Waals surface area contributed by atoms with Gasteiger partial charge in [0, 0.05) is 0 Å². The van der Waals surface area contributed by atoms with Gasteiger partial charge in [0.2, 0.25) is 0 Å². The second-order valence-electron chi connectivity index (χ2n) is 2.36. The van der Waals surface area contributed by atoms with Crippen molar-refractivity contribution in [3.63, 3.8) is 0 Å². The normalized spacial score (nSPS) is 10.6. The fourth-order valence-corrected chi connectivity index (χ4v) is 1.66. The van der Waals surface area contributed by atoms with Crippen molar-refractivity contribution < 1.29 is 0 Å². The number of rotatable bonds is 1. The Hall–Kier alpha value is -0.767. The summed E-state index contributed by atoms with van der Waals surface area (Å²) in [4.78, 5) is 4.25. The van der Waals surface area contributed by atoms with E-state index in [1.807, 2.05) is 24.5 Å². The van der Waals surface area contributed by atoms with Crippen molar-refractivity contribution in [3.05, 3.63) is 30.6 Å². The Morgan fingerprint density at radius 2 is 2.18 bits per heavy atom. The first-order chi connectivity index (χ1) is 5.42. The maximum absolute atomic E-state index is 4.25. The Bertz CT molecular complexity index is 367. The molecule has 11 heavy (non-hydrogen) atoms. The molecule has 0 amide bonds. The molecule has 1 aromatic heterocycles. The SMILES string of the molecule is [Ge][CH2]n1cnc2ccccc21. The maximum atomic E-state index is 4.25. The zero-order chi connectivity index (χ0) is 7.68. The summed E-state index contributed by atoms with van der Waals surface area (Å²) in [7, 11) is 0. The van der Waals surface area contributed by atoms with Crippen molar-refractivity contribution >= 4 is 27.5 Å². The van der Waals surface area contributed by atoms with Crippen molar-refractivity contribution in [3.8, 4) is 0 Å². The molecule has 0 aliphatic rings. The second kappa shape index (κ2) is 2.70. The van der Waals surface area contributed by atoms with Crippen molar-refractivity contribution in [1.29, 1.82) is 0 Å². The average molecular weight is 204 g/mol. The van der Waals surface area contributed by atoms with Crippen LogP contribution in [0.5, 0.6) is 0 Å². The van der Waals surface area contributed by atoms with Crippen molar-refractivity contribution in [2.45, 2.75) is 5.38 Å². The summed E-state index contributed by atoms with van der Waals surface area (Å²) < 4.78 is 2.13. The molecular formula is C8H7GeN2. The molecular weight excluding hydrogens is 197 g/mol. The summed E-state index contributed by atoms with van der Waals surface area (Å²) in [6, 6.07) is 8.17. The van der Waals surface area contributed by atoms with Crippen LogP contribution in [-0.2, 0) is 5.38 Å². The second-order valence-corrected chi connectivity index (χ2v) is 3.02. The topological polar surface area (TPSA) is 17.8 Å². The molecule has 53 valence electrons. The predicted octanol–water partition coefficient (Wildman–Crippen LogP) is 1.16. The molecule has 0 aliphatic carbocycles. The molecule has 0 spiro atoms.